The fourth-order valence-corrected chi connectivity index (χ4v) is 2.67. The van der Waals surface area contributed by atoms with E-state index in [0.29, 0.717) is 17.4 Å². The molecule has 12 heteroatoms. The molecular weight excluding hydrogens is 438 g/mol. The zero-order valence-corrected chi connectivity index (χ0v) is 16.1. The number of nitrogens with one attached hydrogen (secondary N) is 2. The van der Waals surface area contributed by atoms with Gasteiger partial charge < -0.3 is 10.6 Å². The molecule has 0 saturated carbocycles. The lowest BCUT2D eigenvalue weighted by molar-refractivity contribution is -0.141. The topological polar surface area (TPSA) is 86.5 Å². The van der Waals surface area contributed by atoms with E-state index in [9.17, 15) is 26.3 Å². The highest BCUT2D eigenvalue weighted by atomic mass is 19.4. The average Bonchev–Trinajstić information content (AvgIpc) is 2.76. The van der Waals surface area contributed by atoms with Gasteiger partial charge in [0.15, 0.2) is 11.5 Å². The SMILES string of the molecule is N#Cc1ccc(NCCNc2cc(C(F)(F)F)nc(-c3ccccc3C(F)(F)F)n2)nc1. The monoisotopic (exact) mass is 452 g/mol. The molecule has 0 aliphatic heterocycles. The van der Waals surface area contributed by atoms with Gasteiger partial charge in [0.05, 0.1) is 11.1 Å². The third-order valence-corrected chi connectivity index (χ3v) is 4.12. The van der Waals surface area contributed by atoms with Crippen molar-refractivity contribution in [1.82, 2.24) is 15.0 Å². The number of alkyl halides is 6. The summed E-state index contributed by atoms with van der Waals surface area (Å²) < 4.78 is 79.8. The molecule has 166 valence electrons. The molecule has 0 spiro atoms. The van der Waals surface area contributed by atoms with E-state index in [1.165, 1.54) is 18.3 Å². The minimum Gasteiger partial charge on any atom is -0.368 e. The van der Waals surface area contributed by atoms with Gasteiger partial charge in [0.2, 0.25) is 0 Å². The smallest absolute Gasteiger partial charge is 0.368 e. The van der Waals surface area contributed by atoms with Crippen molar-refractivity contribution in [2.75, 3.05) is 23.7 Å². The number of nitrogens with zero attached hydrogens (tertiary/aromatic N) is 4. The molecule has 3 aromatic rings. The molecule has 0 aliphatic rings. The molecule has 2 N–H and O–H groups in total. The first kappa shape index (κ1) is 22.8. The van der Waals surface area contributed by atoms with Crippen LogP contribution >= 0.6 is 0 Å². The standard InChI is InChI=1S/C20H14F6N6/c21-19(22,23)14-4-2-1-3-13(14)18-31-15(20(24,25)26)9-17(32-18)29-8-7-28-16-6-5-12(10-27)11-30-16/h1-6,9,11H,7-8H2,(H,28,30)(H,29,31,32). The number of rotatable bonds is 6. The van der Waals surface area contributed by atoms with Crippen molar-refractivity contribution in [3.63, 3.8) is 0 Å². The maximum absolute atomic E-state index is 13.3. The zero-order chi connectivity index (χ0) is 23.4. The van der Waals surface area contributed by atoms with E-state index in [4.69, 9.17) is 5.26 Å². The van der Waals surface area contributed by atoms with E-state index < -0.39 is 35.0 Å². The van der Waals surface area contributed by atoms with Crippen LogP contribution in [0, 0.1) is 11.3 Å². The molecule has 0 saturated heterocycles. The molecule has 0 fully saturated rings. The molecule has 6 nitrogen and oxygen atoms in total. The van der Waals surface area contributed by atoms with E-state index >= 15 is 0 Å². The highest BCUT2D eigenvalue weighted by Gasteiger charge is 2.37. The Kier molecular flexibility index (Phi) is 6.47. The summed E-state index contributed by atoms with van der Waals surface area (Å²) in [6, 6.07) is 9.78. The van der Waals surface area contributed by atoms with Crippen molar-refractivity contribution in [2.24, 2.45) is 0 Å². The van der Waals surface area contributed by atoms with Crippen LogP contribution in [0.2, 0.25) is 0 Å². The summed E-state index contributed by atoms with van der Waals surface area (Å²) in [4.78, 5) is 11.2. The van der Waals surface area contributed by atoms with Gasteiger partial charge >= 0.3 is 12.4 Å². The molecule has 1 aromatic carbocycles. The Labute approximate surface area is 178 Å². The third-order valence-electron chi connectivity index (χ3n) is 4.12. The number of halogens is 6. The minimum absolute atomic E-state index is 0.0797. The van der Waals surface area contributed by atoms with E-state index in [2.05, 4.69) is 25.6 Å². The molecule has 0 radical (unpaired) electrons. The Morgan fingerprint density at radius 3 is 2.12 bits per heavy atom. The number of aromatic nitrogens is 3. The van der Waals surface area contributed by atoms with Gasteiger partial charge in [-0.15, -0.1) is 0 Å². The lowest BCUT2D eigenvalue weighted by Crippen LogP contribution is -2.17. The fraction of sp³-hybridized carbons (Fsp3) is 0.200. The number of hydrogen-bond donors (Lipinski definition) is 2. The Morgan fingerprint density at radius 1 is 0.844 bits per heavy atom. The summed E-state index contributed by atoms with van der Waals surface area (Å²) in [5, 5.41) is 14.3. The van der Waals surface area contributed by atoms with E-state index in [0.717, 1.165) is 18.2 Å². The maximum atomic E-state index is 13.3. The van der Waals surface area contributed by atoms with Crippen molar-refractivity contribution in [1.29, 1.82) is 5.26 Å². The molecule has 3 rings (SSSR count). The molecule has 0 aliphatic carbocycles. The lowest BCUT2D eigenvalue weighted by Gasteiger charge is -2.15. The number of nitriles is 1. The van der Waals surface area contributed by atoms with Crippen molar-refractivity contribution in [2.45, 2.75) is 12.4 Å². The molecule has 2 aromatic heterocycles. The second kappa shape index (κ2) is 9.09. The van der Waals surface area contributed by atoms with Crippen LogP contribution in [0.1, 0.15) is 16.8 Å². The largest absolute Gasteiger partial charge is 0.433 e. The third kappa shape index (κ3) is 5.63. The Balaban J connectivity index is 1.82. The Bertz CT molecular complexity index is 1120. The van der Waals surface area contributed by atoms with E-state index in [1.54, 1.807) is 6.07 Å². The number of benzene rings is 1. The summed E-state index contributed by atoms with van der Waals surface area (Å²) in [5.41, 5.74) is -2.71. The normalized spacial score (nSPS) is 11.7. The van der Waals surface area contributed by atoms with E-state index in [1.807, 2.05) is 6.07 Å². The molecule has 0 bridgehead atoms. The van der Waals surface area contributed by atoms with Crippen LogP contribution in [-0.4, -0.2) is 28.0 Å². The predicted octanol–water partition coefficient (Wildman–Crippen LogP) is 4.97. The lowest BCUT2D eigenvalue weighted by atomic mass is 10.1. The Morgan fingerprint density at radius 2 is 1.53 bits per heavy atom. The van der Waals surface area contributed by atoms with Gasteiger partial charge in [-0.05, 0) is 18.2 Å². The van der Waals surface area contributed by atoms with Gasteiger partial charge in [-0.3, -0.25) is 0 Å². The summed E-state index contributed by atoms with van der Waals surface area (Å²) >= 11 is 0. The van der Waals surface area contributed by atoms with Crippen molar-refractivity contribution in [3.8, 4) is 17.5 Å². The summed E-state index contributed by atoms with van der Waals surface area (Å²) in [6.07, 6.45) is -8.33. The molecule has 0 amide bonds. The van der Waals surface area contributed by atoms with Gasteiger partial charge in [0.25, 0.3) is 0 Å². The molecular formula is C20H14F6N6. The van der Waals surface area contributed by atoms with Crippen molar-refractivity contribution in [3.05, 3.63) is 65.5 Å². The van der Waals surface area contributed by atoms with Gasteiger partial charge in [-0.25, -0.2) is 15.0 Å². The zero-order valence-electron chi connectivity index (χ0n) is 16.1. The highest BCUT2D eigenvalue weighted by molar-refractivity contribution is 5.63. The summed E-state index contributed by atoms with van der Waals surface area (Å²) in [5.74, 6) is -0.546. The molecule has 2 heterocycles. The van der Waals surface area contributed by atoms with Crippen LogP contribution in [0.5, 0.6) is 0 Å². The summed E-state index contributed by atoms with van der Waals surface area (Å²) in [7, 11) is 0. The van der Waals surface area contributed by atoms with Crippen molar-refractivity contribution < 1.29 is 26.3 Å². The molecule has 0 atom stereocenters. The molecule has 0 unspecified atom stereocenters. The first-order valence-electron chi connectivity index (χ1n) is 9.04. The van der Waals surface area contributed by atoms with Crippen LogP contribution in [0.3, 0.4) is 0 Å². The number of hydrogen-bond acceptors (Lipinski definition) is 6. The summed E-state index contributed by atoms with van der Waals surface area (Å²) in [6.45, 7) is 0.287. The van der Waals surface area contributed by atoms with Gasteiger partial charge in [0.1, 0.15) is 17.7 Å². The molecule has 32 heavy (non-hydrogen) atoms. The fourth-order valence-electron chi connectivity index (χ4n) is 2.67. The van der Waals surface area contributed by atoms with Crippen LogP contribution in [0.15, 0.2) is 48.7 Å². The second-order valence-electron chi connectivity index (χ2n) is 6.40. The minimum atomic E-state index is -4.88. The highest BCUT2D eigenvalue weighted by Crippen LogP contribution is 2.37. The number of pyridine rings is 1. The van der Waals surface area contributed by atoms with Gasteiger partial charge in [-0.2, -0.15) is 31.6 Å². The van der Waals surface area contributed by atoms with Crippen molar-refractivity contribution >= 4 is 11.6 Å². The maximum Gasteiger partial charge on any atom is 0.433 e. The van der Waals surface area contributed by atoms with Crippen LogP contribution in [0.4, 0.5) is 38.0 Å². The number of anilines is 2. The second-order valence-corrected chi connectivity index (χ2v) is 6.40. The quantitative estimate of drug-likeness (QED) is 0.406. The average molecular weight is 452 g/mol. The first-order valence-corrected chi connectivity index (χ1v) is 9.04. The van der Waals surface area contributed by atoms with E-state index in [-0.39, 0.29) is 18.9 Å². The van der Waals surface area contributed by atoms with Crippen LogP contribution < -0.4 is 10.6 Å². The van der Waals surface area contributed by atoms with Crippen LogP contribution in [0.25, 0.3) is 11.4 Å². The Hall–Kier alpha value is -3.88. The van der Waals surface area contributed by atoms with Gasteiger partial charge in [-0.1, -0.05) is 18.2 Å². The van der Waals surface area contributed by atoms with Crippen LogP contribution in [-0.2, 0) is 12.4 Å². The predicted molar refractivity (Wildman–Crippen MR) is 103 cm³/mol. The van der Waals surface area contributed by atoms with Gasteiger partial charge in [0, 0.05) is 30.9 Å². The first-order chi connectivity index (χ1) is 15.1.